The molecule has 0 spiro atoms. The van der Waals surface area contributed by atoms with Gasteiger partial charge >= 0.3 is 5.97 Å². The summed E-state index contributed by atoms with van der Waals surface area (Å²) in [6.07, 6.45) is 1.19. The first-order valence-corrected chi connectivity index (χ1v) is 3.89. The van der Waals surface area contributed by atoms with Gasteiger partial charge in [-0.25, -0.2) is 0 Å². The van der Waals surface area contributed by atoms with E-state index in [1.54, 1.807) is 0 Å². The first-order chi connectivity index (χ1) is 4.91. The highest BCUT2D eigenvalue weighted by atomic mass is 16.5. The summed E-state index contributed by atoms with van der Waals surface area (Å²) >= 11 is 0. The van der Waals surface area contributed by atoms with Crippen LogP contribution in [0.1, 0.15) is 13.3 Å². The number of carbonyl (C=O) groups is 1. The number of esters is 1. The number of ether oxygens (including phenoxy) is 1. The molecule has 11 heavy (non-hydrogen) atoms. The largest absolute Gasteiger partial charge is 0.456 e. The first-order valence-electron chi connectivity index (χ1n) is 3.89. The molecule has 0 bridgehead atoms. The second kappa shape index (κ2) is 2.48. The third kappa shape index (κ3) is 2.19. The molecule has 3 nitrogen and oxygen atoms in total. The van der Waals surface area contributed by atoms with Gasteiger partial charge in [-0.2, -0.15) is 0 Å². The Morgan fingerprint density at radius 1 is 1.45 bits per heavy atom. The molecule has 2 atom stereocenters. The van der Waals surface area contributed by atoms with Gasteiger partial charge in [0.2, 0.25) is 0 Å². The lowest BCUT2D eigenvalue weighted by molar-refractivity contribution is -0.882. The molecule has 0 N–H and O–H groups in total. The summed E-state index contributed by atoms with van der Waals surface area (Å²) < 4.78 is 5.93. The van der Waals surface area contributed by atoms with E-state index in [4.69, 9.17) is 4.74 Å². The van der Waals surface area contributed by atoms with Crippen LogP contribution in [0.25, 0.3) is 0 Å². The zero-order chi connectivity index (χ0) is 8.65. The molecule has 1 aliphatic carbocycles. The predicted octanol–water partition coefficient (Wildman–Crippen LogP) is 0.397. The van der Waals surface area contributed by atoms with E-state index >= 15 is 0 Å². The summed E-state index contributed by atoms with van der Waals surface area (Å²) in [5.41, 5.74) is 0. The van der Waals surface area contributed by atoms with Crippen LogP contribution in [0, 0.1) is 0 Å². The van der Waals surface area contributed by atoms with Crippen molar-refractivity contribution < 1.29 is 14.0 Å². The van der Waals surface area contributed by atoms with E-state index in [1.807, 2.05) is 0 Å². The van der Waals surface area contributed by atoms with Crippen molar-refractivity contribution in [2.24, 2.45) is 0 Å². The molecule has 0 saturated heterocycles. The van der Waals surface area contributed by atoms with Crippen molar-refractivity contribution in [3.8, 4) is 0 Å². The summed E-state index contributed by atoms with van der Waals surface area (Å²) in [6, 6.07) is 0.513. The smallest absolute Gasteiger partial charge is 0.303 e. The minimum atomic E-state index is -0.161. The predicted molar refractivity (Wildman–Crippen MR) is 42.0 cm³/mol. The number of quaternary nitrogens is 1. The maximum atomic E-state index is 10.5. The van der Waals surface area contributed by atoms with E-state index in [1.165, 1.54) is 6.92 Å². The van der Waals surface area contributed by atoms with Crippen molar-refractivity contribution in [3.63, 3.8) is 0 Å². The van der Waals surface area contributed by atoms with Crippen LogP contribution < -0.4 is 0 Å². The van der Waals surface area contributed by atoms with Crippen LogP contribution >= 0.6 is 0 Å². The maximum absolute atomic E-state index is 10.5. The second-order valence-corrected chi connectivity index (χ2v) is 4.07. The standard InChI is InChI=1S/C8H16NO2/c1-6(10)11-8-5-7(8)9(2,3)4/h7-8H,5H2,1-4H3/q+1/t7-,8-/m1/s1. The number of carbonyl (C=O) groups excluding carboxylic acids is 1. The van der Waals surface area contributed by atoms with E-state index in [-0.39, 0.29) is 12.1 Å². The highest BCUT2D eigenvalue weighted by Gasteiger charge is 2.50. The molecule has 64 valence electrons. The molecule has 0 heterocycles. The van der Waals surface area contributed by atoms with Crippen LogP contribution in [0.2, 0.25) is 0 Å². The monoisotopic (exact) mass is 158 g/mol. The van der Waals surface area contributed by atoms with Crippen LogP contribution in [-0.4, -0.2) is 43.7 Å². The number of hydrogen-bond acceptors (Lipinski definition) is 2. The van der Waals surface area contributed by atoms with E-state index in [9.17, 15) is 4.79 Å². The minimum Gasteiger partial charge on any atom is -0.456 e. The van der Waals surface area contributed by atoms with Crippen molar-refractivity contribution >= 4 is 5.97 Å². The molecule has 0 amide bonds. The summed E-state index contributed by atoms with van der Waals surface area (Å²) in [7, 11) is 6.36. The number of hydrogen-bond donors (Lipinski definition) is 0. The zero-order valence-electron chi connectivity index (χ0n) is 7.63. The highest BCUT2D eigenvalue weighted by molar-refractivity contribution is 5.66. The van der Waals surface area contributed by atoms with Crippen LogP contribution in [0.4, 0.5) is 0 Å². The number of likely N-dealkylation sites (N-methyl/N-ethyl adjacent to an activating group) is 1. The Morgan fingerprint density at radius 3 is 2.27 bits per heavy atom. The second-order valence-electron chi connectivity index (χ2n) is 4.07. The van der Waals surface area contributed by atoms with E-state index < -0.39 is 0 Å². The minimum absolute atomic E-state index is 0.161. The molecular formula is C8H16NO2+. The van der Waals surface area contributed by atoms with Gasteiger partial charge in [-0.1, -0.05) is 0 Å². The van der Waals surface area contributed by atoms with E-state index in [0.29, 0.717) is 6.04 Å². The Labute approximate surface area is 67.5 Å². The highest BCUT2D eigenvalue weighted by Crippen LogP contribution is 2.33. The third-order valence-corrected chi connectivity index (χ3v) is 2.01. The summed E-state index contributed by atoms with van der Waals surface area (Å²) in [5.74, 6) is -0.161. The van der Waals surface area contributed by atoms with Gasteiger partial charge in [-0.15, -0.1) is 0 Å². The molecule has 0 aromatic rings. The fraction of sp³-hybridized carbons (Fsp3) is 0.875. The molecule has 1 fully saturated rings. The van der Waals surface area contributed by atoms with Gasteiger partial charge in [0, 0.05) is 13.3 Å². The lowest BCUT2D eigenvalue weighted by atomic mass is 10.5. The molecule has 0 unspecified atom stereocenters. The van der Waals surface area contributed by atoms with Crippen LogP contribution in [-0.2, 0) is 9.53 Å². The van der Waals surface area contributed by atoms with Gasteiger partial charge in [0.1, 0.15) is 6.04 Å². The normalized spacial score (nSPS) is 29.8. The van der Waals surface area contributed by atoms with Crippen LogP contribution in [0.3, 0.4) is 0 Å². The fourth-order valence-corrected chi connectivity index (χ4v) is 1.31. The van der Waals surface area contributed by atoms with Crippen molar-refractivity contribution in [2.75, 3.05) is 21.1 Å². The Balaban J connectivity index is 2.32. The number of nitrogens with zero attached hydrogens (tertiary/aromatic N) is 1. The molecule has 0 aromatic heterocycles. The molecule has 3 heteroatoms. The fourth-order valence-electron chi connectivity index (χ4n) is 1.31. The van der Waals surface area contributed by atoms with E-state index in [0.717, 1.165) is 10.9 Å². The van der Waals surface area contributed by atoms with Gasteiger partial charge in [-0.05, 0) is 0 Å². The topological polar surface area (TPSA) is 26.3 Å². The summed E-state index contributed by atoms with van der Waals surface area (Å²) in [4.78, 5) is 10.5. The van der Waals surface area contributed by atoms with Gasteiger partial charge in [0.15, 0.2) is 6.10 Å². The van der Waals surface area contributed by atoms with Crippen molar-refractivity contribution in [3.05, 3.63) is 0 Å². The Hall–Kier alpha value is -0.570. The molecular weight excluding hydrogens is 142 g/mol. The lowest BCUT2D eigenvalue weighted by Gasteiger charge is -2.23. The SMILES string of the molecule is CC(=O)O[C@@H]1C[C@H]1[N+](C)(C)C. The zero-order valence-corrected chi connectivity index (χ0v) is 7.63. The van der Waals surface area contributed by atoms with Gasteiger partial charge in [0.25, 0.3) is 0 Å². The van der Waals surface area contributed by atoms with Crippen molar-refractivity contribution in [2.45, 2.75) is 25.5 Å². The lowest BCUT2D eigenvalue weighted by Crippen LogP contribution is -2.39. The summed E-state index contributed by atoms with van der Waals surface area (Å²) in [6.45, 7) is 1.46. The molecule has 1 saturated carbocycles. The first kappa shape index (κ1) is 8.53. The molecule has 0 aromatic carbocycles. The average Bonchev–Trinajstić information content (AvgIpc) is 2.40. The molecule has 1 aliphatic rings. The van der Waals surface area contributed by atoms with Gasteiger partial charge in [-0.3, -0.25) is 4.79 Å². The molecule has 0 aliphatic heterocycles. The molecule has 0 radical (unpaired) electrons. The van der Waals surface area contributed by atoms with Gasteiger partial charge < -0.3 is 9.22 Å². The van der Waals surface area contributed by atoms with Crippen molar-refractivity contribution in [1.82, 2.24) is 0 Å². The quantitative estimate of drug-likeness (QED) is 0.429. The van der Waals surface area contributed by atoms with Crippen LogP contribution in [0.5, 0.6) is 0 Å². The van der Waals surface area contributed by atoms with Crippen LogP contribution in [0.15, 0.2) is 0 Å². The average molecular weight is 158 g/mol. The Kier molecular flexibility index (Phi) is 1.92. The third-order valence-electron chi connectivity index (χ3n) is 2.01. The maximum Gasteiger partial charge on any atom is 0.303 e. The van der Waals surface area contributed by atoms with E-state index in [2.05, 4.69) is 21.1 Å². The number of rotatable bonds is 2. The summed E-state index contributed by atoms with van der Waals surface area (Å²) in [5, 5.41) is 0. The van der Waals surface area contributed by atoms with Crippen molar-refractivity contribution in [1.29, 1.82) is 0 Å². The Morgan fingerprint density at radius 2 is 2.00 bits per heavy atom. The van der Waals surface area contributed by atoms with Gasteiger partial charge in [0.05, 0.1) is 21.1 Å². The Bertz CT molecular complexity index is 171. The molecule has 1 rings (SSSR count).